The molecule has 19 heavy (non-hydrogen) atoms. The Morgan fingerprint density at radius 2 is 2.21 bits per heavy atom. The molecular weight excluding hydrogens is 240 g/mol. The first-order valence-corrected chi connectivity index (χ1v) is 6.78. The summed E-state index contributed by atoms with van der Waals surface area (Å²) in [5.41, 5.74) is -0.0475. The average molecular weight is 266 g/mol. The summed E-state index contributed by atoms with van der Waals surface area (Å²) >= 11 is 0. The number of imidazole rings is 1. The molecule has 1 unspecified atom stereocenters. The summed E-state index contributed by atoms with van der Waals surface area (Å²) in [5.74, 6) is 0.881. The van der Waals surface area contributed by atoms with Crippen molar-refractivity contribution in [3.63, 3.8) is 0 Å². The van der Waals surface area contributed by atoms with Gasteiger partial charge in [0.15, 0.2) is 0 Å². The number of likely N-dealkylation sites (N-methyl/N-ethyl adjacent to an activating group) is 1. The number of amides is 1. The number of nitrogens with one attached hydrogen (secondary N) is 1. The predicted octanol–water partition coefficient (Wildman–Crippen LogP) is 1.60. The van der Waals surface area contributed by atoms with Crippen molar-refractivity contribution in [2.24, 2.45) is 0 Å². The maximum atomic E-state index is 12.2. The van der Waals surface area contributed by atoms with Gasteiger partial charge in [-0.1, -0.05) is 6.92 Å². The van der Waals surface area contributed by atoms with Crippen LogP contribution in [0.2, 0.25) is 0 Å². The van der Waals surface area contributed by atoms with E-state index >= 15 is 0 Å². The quantitative estimate of drug-likeness (QED) is 0.851. The second-order valence-electron chi connectivity index (χ2n) is 5.60. The zero-order chi connectivity index (χ0) is 14.6. The fourth-order valence-corrected chi connectivity index (χ4v) is 1.94. The summed E-state index contributed by atoms with van der Waals surface area (Å²) in [6.45, 7) is 11.8. The zero-order valence-electron chi connectivity index (χ0n) is 12.9. The number of nitrogens with zero attached hydrogens (tertiary/aromatic N) is 3. The van der Waals surface area contributed by atoms with Crippen molar-refractivity contribution in [3.05, 3.63) is 18.2 Å². The minimum atomic E-state index is -0.231. The van der Waals surface area contributed by atoms with Crippen molar-refractivity contribution in [1.82, 2.24) is 19.8 Å². The molecule has 0 fully saturated rings. The number of carbonyl (C=O) groups excluding carboxylic acids is 1. The molecule has 1 N–H and O–H groups in total. The molecule has 108 valence electrons. The lowest BCUT2D eigenvalue weighted by molar-refractivity contribution is -0.124. The van der Waals surface area contributed by atoms with Crippen LogP contribution in [0.25, 0.3) is 0 Å². The largest absolute Gasteiger partial charge is 0.352 e. The van der Waals surface area contributed by atoms with Crippen LogP contribution in [-0.2, 0) is 4.79 Å². The lowest BCUT2D eigenvalue weighted by Gasteiger charge is -2.35. The molecule has 1 rings (SSSR count). The highest BCUT2D eigenvalue weighted by Crippen LogP contribution is 2.12. The first-order chi connectivity index (χ1) is 8.79. The maximum absolute atomic E-state index is 12.2. The van der Waals surface area contributed by atoms with E-state index < -0.39 is 0 Å². The smallest absolute Gasteiger partial charge is 0.242 e. The van der Waals surface area contributed by atoms with Crippen molar-refractivity contribution in [2.75, 3.05) is 20.1 Å². The van der Waals surface area contributed by atoms with E-state index in [0.717, 1.165) is 12.4 Å². The molecule has 0 saturated heterocycles. The Balaban J connectivity index is 2.59. The summed E-state index contributed by atoms with van der Waals surface area (Å²) < 4.78 is 1.88. The van der Waals surface area contributed by atoms with Crippen LogP contribution in [-0.4, -0.2) is 46.0 Å². The fourth-order valence-electron chi connectivity index (χ4n) is 1.94. The van der Waals surface area contributed by atoms with Crippen LogP contribution in [0.1, 0.15) is 39.6 Å². The average Bonchev–Trinajstić information content (AvgIpc) is 2.80. The molecule has 5 heteroatoms. The van der Waals surface area contributed by atoms with Gasteiger partial charge in [-0.2, -0.15) is 0 Å². The number of hydrogen-bond acceptors (Lipinski definition) is 3. The fraction of sp³-hybridized carbons (Fsp3) is 0.714. The number of rotatable bonds is 6. The van der Waals surface area contributed by atoms with Gasteiger partial charge in [-0.3, -0.25) is 9.69 Å². The Bertz CT molecular complexity index is 425. The van der Waals surface area contributed by atoms with E-state index in [4.69, 9.17) is 0 Å². The highest BCUT2D eigenvalue weighted by atomic mass is 16.2. The highest BCUT2D eigenvalue weighted by molar-refractivity contribution is 5.80. The third kappa shape index (κ3) is 3.80. The van der Waals surface area contributed by atoms with Gasteiger partial charge in [0.1, 0.15) is 11.9 Å². The van der Waals surface area contributed by atoms with Gasteiger partial charge in [0, 0.05) is 24.5 Å². The Labute approximate surface area is 116 Å². The van der Waals surface area contributed by atoms with Gasteiger partial charge in [-0.15, -0.1) is 0 Å². The van der Waals surface area contributed by atoms with Gasteiger partial charge >= 0.3 is 0 Å². The van der Waals surface area contributed by atoms with E-state index in [2.05, 4.69) is 43.0 Å². The molecule has 1 aromatic heterocycles. The zero-order valence-corrected chi connectivity index (χ0v) is 12.9. The number of hydrogen-bond donors (Lipinski definition) is 1. The molecule has 1 aromatic rings. The van der Waals surface area contributed by atoms with Gasteiger partial charge < -0.3 is 9.88 Å². The van der Waals surface area contributed by atoms with E-state index in [1.165, 1.54) is 0 Å². The summed E-state index contributed by atoms with van der Waals surface area (Å²) in [7, 11) is 2.07. The third-order valence-electron chi connectivity index (χ3n) is 3.86. The Hall–Kier alpha value is -1.36. The van der Waals surface area contributed by atoms with Crippen LogP contribution in [0.3, 0.4) is 0 Å². The van der Waals surface area contributed by atoms with Crippen LogP contribution < -0.4 is 5.32 Å². The maximum Gasteiger partial charge on any atom is 0.242 e. The molecule has 1 amide bonds. The van der Waals surface area contributed by atoms with Crippen LogP contribution in [0.5, 0.6) is 0 Å². The summed E-state index contributed by atoms with van der Waals surface area (Å²) in [5, 5.41) is 3.02. The highest BCUT2D eigenvalue weighted by Gasteiger charge is 2.24. The van der Waals surface area contributed by atoms with E-state index in [0.29, 0.717) is 6.54 Å². The van der Waals surface area contributed by atoms with Crippen molar-refractivity contribution < 1.29 is 4.79 Å². The van der Waals surface area contributed by atoms with E-state index in [1.54, 1.807) is 6.20 Å². The van der Waals surface area contributed by atoms with E-state index in [1.807, 2.05) is 24.6 Å². The van der Waals surface area contributed by atoms with Crippen LogP contribution in [0.15, 0.2) is 12.4 Å². The van der Waals surface area contributed by atoms with E-state index in [9.17, 15) is 4.79 Å². The normalized spacial score (nSPS) is 13.6. The molecule has 0 saturated carbocycles. The van der Waals surface area contributed by atoms with Crippen LogP contribution in [0, 0.1) is 6.92 Å². The first-order valence-electron chi connectivity index (χ1n) is 6.78. The minimum Gasteiger partial charge on any atom is -0.352 e. The molecule has 0 radical (unpaired) electrons. The molecule has 0 bridgehead atoms. The Morgan fingerprint density at radius 1 is 1.58 bits per heavy atom. The minimum absolute atomic E-state index is 0.0266. The first kappa shape index (κ1) is 15.7. The van der Waals surface area contributed by atoms with Gasteiger partial charge in [-0.25, -0.2) is 4.98 Å². The standard InChI is InChI=1S/C14H26N4O/c1-7-17(6)14(4,5)10-16-13(19)11(2)18-9-8-15-12(18)3/h8-9,11H,7,10H2,1-6H3,(H,16,19). The second-order valence-corrected chi connectivity index (χ2v) is 5.60. The number of carbonyl (C=O) groups is 1. The summed E-state index contributed by atoms with van der Waals surface area (Å²) in [6, 6.07) is -0.231. The SMILES string of the molecule is CCN(C)C(C)(C)CNC(=O)C(C)n1ccnc1C. The topological polar surface area (TPSA) is 50.2 Å². The monoisotopic (exact) mass is 266 g/mol. The van der Waals surface area contributed by atoms with Crippen molar-refractivity contribution in [1.29, 1.82) is 0 Å². The molecule has 0 aliphatic rings. The van der Waals surface area contributed by atoms with Crippen LogP contribution >= 0.6 is 0 Å². The molecule has 0 aliphatic carbocycles. The van der Waals surface area contributed by atoms with Crippen molar-refractivity contribution in [2.45, 2.75) is 46.2 Å². The third-order valence-corrected chi connectivity index (χ3v) is 3.86. The van der Waals surface area contributed by atoms with Gasteiger partial charge in [-0.05, 0) is 41.3 Å². The summed E-state index contributed by atoms with van der Waals surface area (Å²) in [4.78, 5) is 18.5. The molecular formula is C14H26N4O. The van der Waals surface area contributed by atoms with Crippen molar-refractivity contribution >= 4 is 5.91 Å². The van der Waals surface area contributed by atoms with E-state index in [-0.39, 0.29) is 17.5 Å². The molecule has 1 heterocycles. The number of aryl methyl sites for hydroxylation is 1. The molecule has 0 aliphatic heterocycles. The van der Waals surface area contributed by atoms with Crippen LogP contribution in [0.4, 0.5) is 0 Å². The molecule has 0 spiro atoms. The molecule has 5 nitrogen and oxygen atoms in total. The second kappa shape index (κ2) is 6.19. The Kier molecular flexibility index (Phi) is 5.11. The lowest BCUT2D eigenvalue weighted by atomic mass is 10.0. The molecule has 0 aromatic carbocycles. The summed E-state index contributed by atoms with van der Waals surface area (Å²) in [6.07, 6.45) is 3.55. The predicted molar refractivity (Wildman–Crippen MR) is 77.1 cm³/mol. The lowest BCUT2D eigenvalue weighted by Crippen LogP contribution is -2.50. The number of aromatic nitrogens is 2. The van der Waals surface area contributed by atoms with Gasteiger partial charge in [0.25, 0.3) is 0 Å². The van der Waals surface area contributed by atoms with Gasteiger partial charge in [0.2, 0.25) is 5.91 Å². The Morgan fingerprint density at radius 3 is 2.68 bits per heavy atom. The van der Waals surface area contributed by atoms with Crippen molar-refractivity contribution in [3.8, 4) is 0 Å². The van der Waals surface area contributed by atoms with Gasteiger partial charge in [0.05, 0.1) is 0 Å². The molecule has 1 atom stereocenters.